The molecule has 5 nitrogen and oxygen atoms in total. The van der Waals surface area contributed by atoms with Crippen LogP contribution in [0.15, 0.2) is 18.3 Å². The summed E-state index contributed by atoms with van der Waals surface area (Å²) in [7, 11) is 0. The van der Waals surface area contributed by atoms with Gasteiger partial charge in [0.2, 0.25) is 5.92 Å². The summed E-state index contributed by atoms with van der Waals surface area (Å²) in [6.45, 7) is 0.246. The Kier molecular flexibility index (Phi) is 3.28. The van der Waals surface area contributed by atoms with Gasteiger partial charge in [0.15, 0.2) is 0 Å². The molecule has 1 aromatic heterocycles. The molecule has 22 heavy (non-hydrogen) atoms. The normalized spacial score (nSPS) is 25.3. The van der Waals surface area contributed by atoms with Crippen molar-refractivity contribution in [3.8, 4) is 6.07 Å². The number of alkyl halides is 2. The molecule has 1 spiro atoms. The Hall–Kier alpha value is -2.23. The van der Waals surface area contributed by atoms with Gasteiger partial charge in [-0.05, 0) is 29.9 Å². The third kappa shape index (κ3) is 2.49. The van der Waals surface area contributed by atoms with Crippen LogP contribution in [0.25, 0.3) is 0 Å². The van der Waals surface area contributed by atoms with Crippen molar-refractivity contribution in [1.29, 1.82) is 5.26 Å². The predicted octanol–water partition coefficient (Wildman–Crippen LogP) is 3.18. The number of hydrogen-bond donors (Lipinski definition) is 1. The summed E-state index contributed by atoms with van der Waals surface area (Å²) in [5.41, 5.74) is 0.413. The second-order valence-electron chi connectivity index (χ2n) is 6.24. The summed E-state index contributed by atoms with van der Waals surface area (Å²) in [5.74, 6) is -2.63. The fourth-order valence-corrected chi connectivity index (χ4v) is 3.70. The molecule has 1 saturated carbocycles. The van der Waals surface area contributed by atoms with Gasteiger partial charge in [0.25, 0.3) is 0 Å². The Balaban J connectivity index is 1.86. The largest absolute Gasteiger partial charge is 0.465 e. The van der Waals surface area contributed by atoms with E-state index in [0.29, 0.717) is 18.4 Å². The molecular weight excluding hydrogens is 292 g/mol. The summed E-state index contributed by atoms with van der Waals surface area (Å²) < 4.78 is 26.5. The maximum absolute atomic E-state index is 13.3. The first-order chi connectivity index (χ1) is 10.3. The molecule has 1 amide bonds. The molecule has 2 heterocycles. The second kappa shape index (κ2) is 4.90. The lowest BCUT2D eigenvalue weighted by Gasteiger charge is -2.54. The van der Waals surface area contributed by atoms with Crippen molar-refractivity contribution in [2.24, 2.45) is 5.41 Å². The van der Waals surface area contributed by atoms with E-state index in [-0.39, 0.29) is 25.1 Å². The van der Waals surface area contributed by atoms with E-state index in [0.717, 1.165) is 0 Å². The summed E-state index contributed by atoms with van der Waals surface area (Å²) in [6.07, 6.45) is 0.906. The minimum absolute atomic E-state index is 0.173. The van der Waals surface area contributed by atoms with Gasteiger partial charge in [-0.2, -0.15) is 5.26 Å². The zero-order valence-corrected chi connectivity index (χ0v) is 11.8. The Morgan fingerprint density at radius 1 is 1.45 bits per heavy atom. The van der Waals surface area contributed by atoms with Gasteiger partial charge in [-0.1, -0.05) is 6.07 Å². The van der Waals surface area contributed by atoms with Crippen LogP contribution in [0.4, 0.5) is 13.6 Å². The van der Waals surface area contributed by atoms with E-state index in [1.807, 2.05) is 6.07 Å². The number of nitrogens with zero attached hydrogens (tertiary/aromatic N) is 3. The third-order valence-electron chi connectivity index (χ3n) is 4.68. The van der Waals surface area contributed by atoms with Crippen molar-refractivity contribution in [1.82, 2.24) is 9.88 Å². The monoisotopic (exact) mass is 307 g/mol. The molecule has 3 rings (SSSR count). The molecule has 1 saturated heterocycles. The van der Waals surface area contributed by atoms with Crippen LogP contribution in [-0.4, -0.2) is 33.6 Å². The maximum atomic E-state index is 13.3. The molecule has 1 aromatic rings. The van der Waals surface area contributed by atoms with Crippen molar-refractivity contribution in [3.63, 3.8) is 0 Å². The van der Waals surface area contributed by atoms with Crippen LogP contribution in [0.5, 0.6) is 0 Å². The molecule has 2 fully saturated rings. The Morgan fingerprint density at radius 2 is 2.18 bits per heavy atom. The second-order valence-corrected chi connectivity index (χ2v) is 6.24. The molecule has 116 valence electrons. The highest BCUT2D eigenvalue weighted by molar-refractivity contribution is 5.66. The van der Waals surface area contributed by atoms with Crippen LogP contribution in [0.1, 0.15) is 43.0 Å². The van der Waals surface area contributed by atoms with Gasteiger partial charge < -0.3 is 10.0 Å². The van der Waals surface area contributed by atoms with Gasteiger partial charge in [-0.3, -0.25) is 0 Å². The molecule has 1 unspecified atom stereocenters. The lowest BCUT2D eigenvalue weighted by molar-refractivity contribution is -0.183. The molecule has 1 N–H and O–H groups in total. The minimum atomic E-state index is -2.63. The zero-order chi connectivity index (χ0) is 16.0. The molecule has 0 radical (unpaired) electrons. The van der Waals surface area contributed by atoms with Gasteiger partial charge in [0.05, 0.1) is 6.04 Å². The van der Waals surface area contributed by atoms with Crippen molar-refractivity contribution in [3.05, 3.63) is 29.6 Å². The van der Waals surface area contributed by atoms with E-state index in [9.17, 15) is 18.7 Å². The molecule has 1 atom stereocenters. The topological polar surface area (TPSA) is 77.2 Å². The number of nitriles is 1. The summed E-state index contributed by atoms with van der Waals surface area (Å²) >= 11 is 0. The van der Waals surface area contributed by atoms with Gasteiger partial charge >= 0.3 is 6.09 Å². The summed E-state index contributed by atoms with van der Waals surface area (Å²) in [6, 6.07) is 4.59. The fourth-order valence-electron chi connectivity index (χ4n) is 3.70. The molecule has 2 aliphatic rings. The van der Waals surface area contributed by atoms with Crippen molar-refractivity contribution in [2.75, 3.05) is 6.54 Å². The van der Waals surface area contributed by atoms with Gasteiger partial charge in [-0.15, -0.1) is 0 Å². The van der Waals surface area contributed by atoms with Crippen molar-refractivity contribution in [2.45, 2.75) is 37.6 Å². The number of pyridine rings is 1. The van der Waals surface area contributed by atoms with Gasteiger partial charge in [0, 0.05) is 25.6 Å². The lowest BCUT2D eigenvalue weighted by Crippen LogP contribution is -2.54. The van der Waals surface area contributed by atoms with E-state index in [1.165, 1.54) is 17.2 Å². The van der Waals surface area contributed by atoms with Crippen LogP contribution >= 0.6 is 0 Å². The number of carbonyl (C=O) groups is 1. The van der Waals surface area contributed by atoms with Crippen LogP contribution in [0, 0.1) is 16.7 Å². The summed E-state index contributed by atoms with van der Waals surface area (Å²) in [4.78, 5) is 16.7. The number of carboxylic acid groups (broad SMARTS) is 1. The van der Waals surface area contributed by atoms with Gasteiger partial charge in [0.1, 0.15) is 11.8 Å². The van der Waals surface area contributed by atoms with Crippen LogP contribution < -0.4 is 0 Å². The van der Waals surface area contributed by atoms with Crippen LogP contribution in [-0.2, 0) is 0 Å². The average molecular weight is 307 g/mol. The first kappa shape index (κ1) is 14.7. The van der Waals surface area contributed by atoms with Crippen LogP contribution in [0.2, 0.25) is 0 Å². The number of hydrogen-bond acceptors (Lipinski definition) is 3. The number of piperidine rings is 1. The van der Waals surface area contributed by atoms with Crippen molar-refractivity contribution < 1.29 is 18.7 Å². The summed E-state index contributed by atoms with van der Waals surface area (Å²) in [5, 5.41) is 18.1. The number of rotatable bonds is 1. The first-order valence-corrected chi connectivity index (χ1v) is 7.08. The number of aromatic nitrogens is 1. The Bertz CT molecular complexity index is 631. The molecule has 1 aliphatic carbocycles. The smallest absolute Gasteiger partial charge is 0.407 e. The molecule has 1 aliphatic heterocycles. The van der Waals surface area contributed by atoms with Crippen molar-refractivity contribution >= 4 is 6.09 Å². The molecule has 0 aromatic carbocycles. The predicted molar refractivity (Wildman–Crippen MR) is 72.3 cm³/mol. The number of likely N-dealkylation sites (tertiary alicyclic amines) is 1. The fraction of sp³-hybridized carbons (Fsp3) is 0.533. The SMILES string of the molecule is N#Cc1ccc(C2CC3(CCN2C(=O)O)CC(F)(F)C3)cn1. The highest BCUT2D eigenvalue weighted by atomic mass is 19.3. The molecule has 0 bridgehead atoms. The number of halogens is 2. The Labute approximate surface area is 126 Å². The first-order valence-electron chi connectivity index (χ1n) is 7.08. The maximum Gasteiger partial charge on any atom is 0.407 e. The van der Waals surface area contributed by atoms with E-state index in [1.54, 1.807) is 6.07 Å². The number of amides is 1. The Morgan fingerprint density at radius 3 is 2.68 bits per heavy atom. The van der Waals surface area contributed by atoms with E-state index in [4.69, 9.17) is 5.26 Å². The molecule has 7 heteroatoms. The highest BCUT2D eigenvalue weighted by Crippen LogP contribution is 2.60. The minimum Gasteiger partial charge on any atom is -0.465 e. The van der Waals surface area contributed by atoms with E-state index in [2.05, 4.69) is 4.98 Å². The standard InChI is InChI=1S/C15H15F2N3O2/c16-15(17)8-14(9-15)3-4-20(13(21)22)12(5-14)10-1-2-11(6-18)19-7-10/h1-2,7,12H,3-5,8-9H2,(H,21,22). The third-order valence-corrected chi connectivity index (χ3v) is 4.68. The van der Waals surface area contributed by atoms with E-state index < -0.39 is 23.5 Å². The quantitative estimate of drug-likeness (QED) is 0.864. The van der Waals surface area contributed by atoms with Crippen LogP contribution in [0.3, 0.4) is 0 Å². The highest BCUT2D eigenvalue weighted by Gasteiger charge is 2.58. The molecular formula is C15H15F2N3O2. The zero-order valence-electron chi connectivity index (χ0n) is 11.8. The average Bonchev–Trinajstić information content (AvgIpc) is 2.45. The van der Waals surface area contributed by atoms with Gasteiger partial charge in [-0.25, -0.2) is 18.6 Å². The lowest BCUT2D eigenvalue weighted by atomic mass is 9.59. The van der Waals surface area contributed by atoms with E-state index >= 15 is 0 Å².